The van der Waals surface area contributed by atoms with Crippen molar-refractivity contribution in [1.29, 1.82) is 0 Å². The minimum absolute atomic E-state index is 0.153. The average molecular weight is 284 g/mol. The van der Waals surface area contributed by atoms with Crippen molar-refractivity contribution in [3.05, 3.63) is 0 Å². The molecule has 0 aromatic rings. The largest absolute Gasteiger partial charge is 0.481 e. The molecule has 3 N–H and O–H groups in total. The monoisotopic (exact) mass is 284 g/mol. The van der Waals surface area contributed by atoms with E-state index in [2.05, 4.69) is 17.6 Å². The lowest BCUT2D eigenvalue weighted by molar-refractivity contribution is -0.137. The summed E-state index contributed by atoms with van der Waals surface area (Å²) in [6.07, 6.45) is 5.77. The second-order valence-electron chi connectivity index (χ2n) is 5.69. The smallest absolute Gasteiger partial charge is 0.303 e. The molecule has 1 unspecified atom stereocenters. The number of carboxylic acid groups (broad SMARTS) is 1. The van der Waals surface area contributed by atoms with Gasteiger partial charge in [-0.15, -0.1) is 0 Å². The third-order valence-electron chi connectivity index (χ3n) is 4.03. The fourth-order valence-electron chi connectivity index (χ4n) is 2.80. The molecule has 1 aliphatic heterocycles. The van der Waals surface area contributed by atoms with Gasteiger partial charge in [0, 0.05) is 18.9 Å². The number of rotatable bonds is 9. The highest BCUT2D eigenvalue weighted by Gasteiger charge is 2.20. The van der Waals surface area contributed by atoms with Gasteiger partial charge in [0.2, 0.25) is 5.91 Å². The van der Waals surface area contributed by atoms with Gasteiger partial charge in [-0.1, -0.05) is 19.8 Å². The van der Waals surface area contributed by atoms with Crippen molar-refractivity contribution in [2.24, 2.45) is 11.8 Å². The number of carbonyl (C=O) groups excluding carboxylic acids is 1. The van der Waals surface area contributed by atoms with E-state index in [-0.39, 0.29) is 18.2 Å². The van der Waals surface area contributed by atoms with Crippen molar-refractivity contribution in [2.75, 3.05) is 19.6 Å². The molecule has 5 heteroatoms. The second kappa shape index (κ2) is 9.75. The van der Waals surface area contributed by atoms with Gasteiger partial charge in [-0.3, -0.25) is 9.59 Å². The molecule has 0 radical (unpaired) electrons. The van der Waals surface area contributed by atoms with Crippen LogP contribution < -0.4 is 10.6 Å². The normalized spacial score (nSPS) is 17.6. The van der Waals surface area contributed by atoms with E-state index in [4.69, 9.17) is 5.11 Å². The lowest BCUT2D eigenvalue weighted by Crippen LogP contribution is -2.38. The first kappa shape index (κ1) is 17.0. The lowest BCUT2D eigenvalue weighted by Gasteiger charge is -2.22. The van der Waals surface area contributed by atoms with Crippen LogP contribution in [0, 0.1) is 11.8 Å². The highest BCUT2D eigenvalue weighted by atomic mass is 16.4. The van der Waals surface area contributed by atoms with Gasteiger partial charge in [-0.2, -0.15) is 0 Å². The highest BCUT2D eigenvalue weighted by Crippen LogP contribution is 2.17. The van der Waals surface area contributed by atoms with Crippen LogP contribution in [0.4, 0.5) is 0 Å². The highest BCUT2D eigenvalue weighted by molar-refractivity contribution is 5.78. The summed E-state index contributed by atoms with van der Waals surface area (Å²) >= 11 is 0. The first-order valence-electron chi connectivity index (χ1n) is 7.83. The Labute approximate surface area is 121 Å². The number of carbonyl (C=O) groups is 2. The second-order valence-corrected chi connectivity index (χ2v) is 5.69. The van der Waals surface area contributed by atoms with E-state index in [1.807, 2.05) is 0 Å². The third kappa shape index (κ3) is 6.89. The summed E-state index contributed by atoms with van der Waals surface area (Å²) in [5, 5.41) is 15.0. The Balaban J connectivity index is 2.21. The Morgan fingerprint density at radius 1 is 1.25 bits per heavy atom. The summed E-state index contributed by atoms with van der Waals surface area (Å²) < 4.78 is 0. The van der Waals surface area contributed by atoms with Gasteiger partial charge < -0.3 is 15.7 Å². The molecule has 0 aliphatic carbocycles. The fourth-order valence-corrected chi connectivity index (χ4v) is 2.80. The number of hydrogen-bond donors (Lipinski definition) is 3. The molecule has 1 rings (SSSR count). The van der Waals surface area contributed by atoms with E-state index in [0.717, 1.165) is 45.2 Å². The molecule has 1 aliphatic rings. The van der Waals surface area contributed by atoms with Crippen molar-refractivity contribution < 1.29 is 14.7 Å². The van der Waals surface area contributed by atoms with E-state index in [1.54, 1.807) is 0 Å². The molecule has 5 nitrogen and oxygen atoms in total. The van der Waals surface area contributed by atoms with Gasteiger partial charge in [-0.05, 0) is 44.7 Å². The van der Waals surface area contributed by atoms with Crippen LogP contribution in [0.15, 0.2) is 0 Å². The number of carboxylic acids is 1. The van der Waals surface area contributed by atoms with Crippen molar-refractivity contribution in [3.8, 4) is 0 Å². The number of aliphatic carboxylic acids is 1. The maximum atomic E-state index is 12.0. The molecule has 1 saturated heterocycles. The van der Waals surface area contributed by atoms with Gasteiger partial charge in [0.05, 0.1) is 0 Å². The summed E-state index contributed by atoms with van der Waals surface area (Å²) in [4.78, 5) is 22.6. The molecule has 1 heterocycles. The zero-order chi connectivity index (χ0) is 14.8. The van der Waals surface area contributed by atoms with Crippen LogP contribution in [0.1, 0.15) is 51.9 Å². The molecule has 1 amide bonds. The van der Waals surface area contributed by atoms with Crippen molar-refractivity contribution in [1.82, 2.24) is 10.6 Å². The summed E-state index contributed by atoms with van der Waals surface area (Å²) in [6, 6.07) is 0. The third-order valence-corrected chi connectivity index (χ3v) is 4.03. The first-order valence-corrected chi connectivity index (χ1v) is 7.83. The van der Waals surface area contributed by atoms with Crippen LogP contribution in [0.3, 0.4) is 0 Å². The number of hydrogen-bond acceptors (Lipinski definition) is 3. The predicted molar refractivity (Wildman–Crippen MR) is 78.5 cm³/mol. The summed E-state index contributed by atoms with van der Waals surface area (Å²) in [6.45, 7) is 4.64. The molecule has 0 bridgehead atoms. The van der Waals surface area contributed by atoms with Gasteiger partial charge >= 0.3 is 5.97 Å². The predicted octanol–water partition coefficient (Wildman–Crippen LogP) is 1.77. The van der Waals surface area contributed by atoms with Crippen LogP contribution >= 0.6 is 0 Å². The zero-order valence-electron chi connectivity index (χ0n) is 12.5. The summed E-state index contributed by atoms with van der Waals surface area (Å²) in [7, 11) is 0. The number of nitrogens with one attached hydrogen (secondary N) is 2. The first-order chi connectivity index (χ1) is 9.63. The van der Waals surface area contributed by atoms with E-state index < -0.39 is 5.97 Å². The van der Waals surface area contributed by atoms with Gasteiger partial charge in [-0.25, -0.2) is 0 Å². The minimum Gasteiger partial charge on any atom is -0.481 e. The zero-order valence-corrected chi connectivity index (χ0v) is 12.5. The van der Waals surface area contributed by atoms with Crippen LogP contribution in [-0.4, -0.2) is 36.6 Å². The van der Waals surface area contributed by atoms with E-state index >= 15 is 0 Å². The summed E-state index contributed by atoms with van der Waals surface area (Å²) in [5.41, 5.74) is 0. The topological polar surface area (TPSA) is 78.4 Å². The lowest BCUT2D eigenvalue weighted by atomic mass is 9.94. The van der Waals surface area contributed by atoms with Crippen LogP contribution in [0.2, 0.25) is 0 Å². The standard InChI is InChI=1S/C15H28N2O3/c1-2-3-12(4-5-14(18)19)6-11-17-15(20)13-7-9-16-10-8-13/h12-13,16H,2-11H2,1H3,(H,17,20)(H,18,19). The maximum absolute atomic E-state index is 12.0. The quantitative estimate of drug-likeness (QED) is 0.603. The van der Waals surface area contributed by atoms with Gasteiger partial charge in [0.15, 0.2) is 0 Å². The van der Waals surface area contributed by atoms with Crippen LogP contribution in [-0.2, 0) is 9.59 Å². The molecular formula is C15H28N2O3. The van der Waals surface area contributed by atoms with Crippen LogP contribution in [0.25, 0.3) is 0 Å². The Morgan fingerprint density at radius 2 is 1.95 bits per heavy atom. The fraction of sp³-hybridized carbons (Fsp3) is 0.867. The molecule has 0 spiro atoms. The summed E-state index contributed by atoms with van der Waals surface area (Å²) in [5.74, 6) is -0.00542. The van der Waals surface area contributed by atoms with Crippen molar-refractivity contribution >= 4 is 11.9 Å². The minimum atomic E-state index is -0.732. The molecule has 0 aromatic carbocycles. The Hall–Kier alpha value is -1.10. The molecule has 116 valence electrons. The molecule has 0 saturated carbocycles. The Morgan fingerprint density at radius 3 is 2.55 bits per heavy atom. The Bertz CT molecular complexity index is 301. The maximum Gasteiger partial charge on any atom is 0.303 e. The molecule has 1 fully saturated rings. The number of amides is 1. The van der Waals surface area contributed by atoms with Crippen molar-refractivity contribution in [2.45, 2.75) is 51.9 Å². The molecule has 1 atom stereocenters. The Kier molecular flexibility index (Phi) is 8.26. The average Bonchev–Trinajstić information content (AvgIpc) is 2.45. The number of piperidine rings is 1. The van der Waals surface area contributed by atoms with E-state index in [1.165, 1.54) is 0 Å². The SMILES string of the molecule is CCCC(CCNC(=O)C1CCNCC1)CCC(=O)O. The molecule has 20 heavy (non-hydrogen) atoms. The molecular weight excluding hydrogens is 256 g/mol. The van der Waals surface area contributed by atoms with Gasteiger partial charge in [0.25, 0.3) is 0 Å². The van der Waals surface area contributed by atoms with E-state index in [0.29, 0.717) is 18.9 Å². The van der Waals surface area contributed by atoms with Crippen molar-refractivity contribution in [3.63, 3.8) is 0 Å². The van der Waals surface area contributed by atoms with Crippen LogP contribution in [0.5, 0.6) is 0 Å². The molecule has 0 aromatic heterocycles. The van der Waals surface area contributed by atoms with E-state index in [9.17, 15) is 9.59 Å². The van der Waals surface area contributed by atoms with Gasteiger partial charge in [0.1, 0.15) is 0 Å².